The molecule has 0 saturated carbocycles. The second-order valence-corrected chi connectivity index (χ2v) is 6.83. The number of hydrogen-bond donors (Lipinski definition) is 1. The monoisotopic (exact) mass is 440 g/mol. The zero-order chi connectivity index (χ0) is 19.9. The summed E-state index contributed by atoms with van der Waals surface area (Å²) in [7, 11) is 0. The van der Waals surface area contributed by atoms with Gasteiger partial charge in [-0.2, -0.15) is 0 Å². The first kappa shape index (κ1) is 19.6. The second kappa shape index (κ2) is 9.19. The first-order valence-electron chi connectivity index (χ1n) is 8.55. The summed E-state index contributed by atoms with van der Waals surface area (Å²) in [5.41, 5.74) is 1.25. The molecule has 0 amide bonds. The third-order valence-electron chi connectivity index (χ3n) is 3.97. The normalized spacial score (nSPS) is 10.3. The zero-order valence-electron chi connectivity index (χ0n) is 14.8. The van der Waals surface area contributed by atoms with Crippen LogP contribution in [-0.4, -0.2) is 23.7 Å². The Kier molecular flexibility index (Phi) is 6.45. The quantitative estimate of drug-likeness (QED) is 0.413. The molecular weight excluding hydrogens is 424 g/mol. The molecular formula is C22H17BrO5. The van der Waals surface area contributed by atoms with Crippen molar-refractivity contribution in [3.8, 4) is 11.5 Å². The number of carbonyl (C=O) groups excluding carboxylic acids is 1. The van der Waals surface area contributed by atoms with Crippen molar-refractivity contribution in [2.45, 2.75) is 6.42 Å². The summed E-state index contributed by atoms with van der Waals surface area (Å²) in [6, 6.07) is 20.9. The van der Waals surface area contributed by atoms with Crippen LogP contribution < -0.4 is 9.47 Å². The fourth-order valence-corrected chi connectivity index (χ4v) is 2.96. The summed E-state index contributed by atoms with van der Waals surface area (Å²) in [5, 5.41) is 9.25. The number of halogens is 1. The number of benzene rings is 3. The summed E-state index contributed by atoms with van der Waals surface area (Å²) < 4.78 is 11.8. The Morgan fingerprint density at radius 2 is 1.57 bits per heavy atom. The molecule has 28 heavy (non-hydrogen) atoms. The van der Waals surface area contributed by atoms with Crippen LogP contribution in [0.4, 0.5) is 0 Å². The van der Waals surface area contributed by atoms with Crippen molar-refractivity contribution in [3.63, 3.8) is 0 Å². The van der Waals surface area contributed by atoms with Crippen LogP contribution in [0.5, 0.6) is 11.5 Å². The van der Waals surface area contributed by atoms with Gasteiger partial charge in [0.15, 0.2) is 0 Å². The predicted octanol–water partition coefficient (Wildman–Crippen LogP) is 4.99. The van der Waals surface area contributed by atoms with Gasteiger partial charge in [-0.05, 0) is 35.9 Å². The lowest BCUT2D eigenvalue weighted by Crippen LogP contribution is -2.14. The van der Waals surface area contributed by atoms with Gasteiger partial charge >= 0.3 is 11.9 Å². The van der Waals surface area contributed by atoms with E-state index in [2.05, 4.69) is 15.9 Å². The van der Waals surface area contributed by atoms with E-state index in [0.29, 0.717) is 23.2 Å². The number of para-hydroxylation sites is 1. The summed E-state index contributed by atoms with van der Waals surface area (Å²) in [4.78, 5) is 24.0. The van der Waals surface area contributed by atoms with Crippen LogP contribution in [0.1, 0.15) is 26.3 Å². The van der Waals surface area contributed by atoms with E-state index in [-0.39, 0.29) is 16.9 Å². The van der Waals surface area contributed by atoms with E-state index in [1.54, 1.807) is 30.3 Å². The molecule has 0 aliphatic carbocycles. The fraction of sp³-hybridized carbons (Fsp3) is 0.0909. The third-order valence-corrected chi connectivity index (χ3v) is 4.47. The Labute approximate surface area is 170 Å². The molecule has 6 heteroatoms. The first-order chi connectivity index (χ1) is 13.5. The molecule has 3 aromatic rings. The van der Waals surface area contributed by atoms with E-state index in [1.807, 2.05) is 30.3 Å². The van der Waals surface area contributed by atoms with Crippen LogP contribution in [0.3, 0.4) is 0 Å². The van der Waals surface area contributed by atoms with Gasteiger partial charge in [0.2, 0.25) is 0 Å². The van der Waals surface area contributed by atoms with E-state index in [4.69, 9.17) is 9.47 Å². The fourth-order valence-electron chi connectivity index (χ4n) is 2.60. The highest BCUT2D eigenvalue weighted by molar-refractivity contribution is 9.10. The Balaban J connectivity index is 1.76. The molecule has 5 nitrogen and oxygen atoms in total. The molecule has 0 aliphatic rings. The molecule has 1 N–H and O–H groups in total. The maximum Gasteiger partial charge on any atom is 0.347 e. The Morgan fingerprint density at radius 3 is 2.32 bits per heavy atom. The van der Waals surface area contributed by atoms with E-state index < -0.39 is 11.9 Å². The molecule has 0 spiro atoms. The number of carbonyl (C=O) groups is 2. The van der Waals surface area contributed by atoms with E-state index >= 15 is 0 Å². The van der Waals surface area contributed by atoms with Crippen molar-refractivity contribution in [3.05, 3.63) is 94.0 Å². The zero-order valence-corrected chi connectivity index (χ0v) is 16.4. The summed E-state index contributed by atoms with van der Waals surface area (Å²) in [6.07, 6.45) is 0.688. The van der Waals surface area contributed by atoms with Crippen molar-refractivity contribution in [2.75, 3.05) is 6.61 Å². The lowest BCUT2D eigenvalue weighted by molar-refractivity contribution is 0.0680. The van der Waals surface area contributed by atoms with Gasteiger partial charge in [0, 0.05) is 10.9 Å². The molecule has 3 aromatic carbocycles. The van der Waals surface area contributed by atoms with Gasteiger partial charge in [0.1, 0.15) is 22.6 Å². The van der Waals surface area contributed by atoms with Crippen molar-refractivity contribution in [2.24, 2.45) is 0 Å². The van der Waals surface area contributed by atoms with Crippen molar-refractivity contribution in [1.29, 1.82) is 0 Å². The number of aromatic carboxylic acids is 1. The van der Waals surface area contributed by atoms with Gasteiger partial charge in [-0.25, -0.2) is 9.59 Å². The molecule has 0 aliphatic heterocycles. The molecule has 0 fully saturated rings. The first-order valence-corrected chi connectivity index (χ1v) is 9.34. The lowest BCUT2D eigenvalue weighted by Gasteiger charge is -2.12. The lowest BCUT2D eigenvalue weighted by atomic mass is 10.1. The van der Waals surface area contributed by atoms with Gasteiger partial charge in [-0.1, -0.05) is 58.4 Å². The minimum Gasteiger partial charge on any atom is -0.492 e. The van der Waals surface area contributed by atoms with Crippen LogP contribution in [0.2, 0.25) is 0 Å². The Morgan fingerprint density at radius 1 is 0.857 bits per heavy atom. The highest BCUT2D eigenvalue weighted by Crippen LogP contribution is 2.26. The summed E-state index contributed by atoms with van der Waals surface area (Å²) in [5.74, 6) is -1.51. The van der Waals surface area contributed by atoms with Crippen LogP contribution in [0.15, 0.2) is 77.3 Å². The van der Waals surface area contributed by atoms with Gasteiger partial charge < -0.3 is 14.6 Å². The van der Waals surface area contributed by atoms with Crippen molar-refractivity contribution in [1.82, 2.24) is 0 Å². The van der Waals surface area contributed by atoms with Gasteiger partial charge in [-0.3, -0.25) is 0 Å². The molecule has 0 bridgehead atoms. The predicted molar refractivity (Wildman–Crippen MR) is 108 cm³/mol. The standard InChI is InChI=1S/C22H17BrO5/c23-16-10-11-19(27-13-12-15-6-2-1-3-7-15)18(14-16)22(26)28-20-9-5-4-8-17(20)21(24)25/h1-11,14H,12-13H2,(H,24,25). The van der Waals surface area contributed by atoms with Crippen LogP contribution in [0.25, 0.3) is 0 Å². The van der Waals surface area contributed by atoms with Crippen LogP contribution in [-0.2, 0) is 6.42 Å². The van der Waals surface area contributed by atoms with Gasteiger partial charge in [-0.15, -0.1) is 0 Å². The molecule has 0 aromatic heterocycles. The topological polar surface area (TPSA) is 72.8 Å². The highest BCUT2D eigenvalue weighted by Gasteiger charge is 2.19. The number of carboxylic acids is 1. The second-order valence-electron chi connectivity index (χ2n) is 5.92. The minimum absolute atomic E-state index is 0.0183. The summed E-state index contributed by atoms with van der Waals surface area (Å²) >= 11 is 3.34. The Bertz CT molecular complexity index is 985. The maximum absolute atomic E-state index is 12.7. The van der Waals surface area contributed by atoms with Gasteiger partial charge in [0.25, 0.3) is 0 Å². The molecule has 0 saturated heterocycles. The SMILES string of the molecule is O=C(O)c1ccccc1OC(=O)c1cc(Br)ccc1OCCc1ccccc1. The molecule has 0 unspecified atom stereocenters. The van der Waals surface area contributed by atoms with Crippen molar-refractivity contribution >= 4 is 27.9 Å². The van der Waals surface area contributed by atoms with E-state index in [9.17, 15) is 14.7 Å². The number of rotatable bonds is 7. The smallest absolute Gasteiger partial charge is 0.347 e. The van der Waals surface area contributed by atoms with Crippen LogP contribution in [0, 0.1) is 0 Å². The van der Waals surface area contributed by atoms with Crippen LogP contribution >= 0.6 is 15.9 Å². The molecule has 142 valence electrons. The summed E-state index contributed by atoms with van der Waals surface area (Å²) in [6.45, 7) is 0.387. The highest BCUT2D eigenvalue weighted by atomic mass is 79.9. The number of carboxylic acid groups (broad SMARTS) is 1. The average Bonchev–Trinajstić information content (AvgIpc) is 2.70. The number of hydrogen-bond acceptors (Lipinski definition) is 4. The largest absolute Gasteiger partial charge is 0.492 e. The molecule has 0 atom stereocenters. The number of esters is 1. The minimum atomic E-state index is -1.17. The maximum atomic E-state index is 12.7. The Hall–Kier alpha value is -3.12. The third kappa shape index (κ3) is 4.98. The van der Waals surface area contributed by atoms with Gasteiger partial charge in [0.05, 0.1) is 6.61 Å². The average molecular weight is 441 g/mol. The molecule has 0 heterocycles. The molecule has 0 radical (unpaired) electrons. The number of ether oxygens (including phenoxy) is 2. The van der Waals surface area contributed by atoms with E-state index in [1.165, 1.54) is 12.1 Å². The van der Waals surface area contributed by atoms with Crippen molar-refractivity contribution < 1.29 is 24.2 Å². The molecule has 3 rings (SSSR count). The van der Waals surface area contributed by atoms with E-state index in [0.717, 1.165) is 5.56 Å².